The van der Waals surface area contributed by atoms with Gasteiger partial charge in [0.1, 0.15) is 18.1 Å². The zero-order chi connectivity index (χ0) is 14.2. The van der Waals surface area contributed by atoms with Gasteiger partial charge in [0.15, 0.2) is 0 Å². The lowest BCUT2D eigenvalue weighted by Gasteiger charge is -2.01. The average molecular weight is 296 g/mol. The molecule has 2 aromatic heterocycles. The molecule has 20 heavy (non-hydrogen) atoms. The third kappa shape index (κ3) is 3.07. The molecule has 1 aliphatic rings. The van der Waals surface area contributed by atoms with E-state index >= 15 is 0 Å². The van der Waals surface area contributed by atoms with Gasteiger partial charge in [-0.25, -0.2) is 17.8 Å². The van der Waals surface area contributed by atoms with E-state index < -0.39 is 10.0 Å². The predicted molar refractivity (Wildman–Crippen MR) is 71.4 cm³/mol. The molecule has 1 fully saturated rings. The van der Waals surface area contributed by atoms with Crippen molar-refractivity contribution in [2.45, 2.75) is 38.1 Å². The molecule has 0 aliphatic heterocycles. The van der Waals surface area contributed by atoms with Gasteiger partial charge in [-0.1, -0.05) is 5.21 Å². The Balaban J connectivity index is 1.59. The van der Waals surface area contributed by atoms with Gasteiger partial charge in [0.2, 0.25) is 10.0 Å². The second-order valence-electron chi connectivity index (χ2n) is 4.99. The summed E-state index contributed by atoms with van der Waals surface area (Å²) < 4.78 is 33.0. The Morgan fingerprint density at radius 1 is 1.45 bits per heavy atom. The highest BCUT2D eigenvalue weighted by Gasteiger charge is 2.35. The molecule has 8 heteroatoms. The fourth-order valence-electron chi connectivity index (χ4n) is 1.90. The standard InChI is InChI=1S/C12H16N4O3S/c1-9-2-3-11(19-9)8-16-7-10(14-15-16)6-13-20(17,18)12-4-5-12/h2-3,7,12-13H,4-6,8H2,1H3. The maximum atomic E-state index is 11.7. The third-order valence-electron chi connectivity index (χ3n) is 3.12. The number of rotatable bonds is 6. The van der Waals surface area contributed by atoms with Crippen LogP contribution in [0.3, 0.4) is 0 Å². The summed E-state index contributed by atoms with van der Waals surface area (Å²) >= 11 is 0. The van der Waals surface area contributed by atoms with Gasteiger partial charge in [0, 0.05) is 0 Å². The van der Waals surface area contributed by atoms with Crippen molar-refractivity contribution in [3.05, 3.63) is 35.5 Å². The van der Waals surface area contributed by atoms with Crippen LogP contribution in [0.25, 0.3) is 0 Å². The van der Waals surface area contributed by atoms with Crippen molar-refractivity contribution in [2.75, 3.05) is 0 Å². The van der Waals surface area contributed by atoms with Crippen LogP contribution < -0.4 is 4.72 Å². The van der Waals surface area contributed by atoms with E-state index in [1.807, 2.05) is 19.1 Å². The van der Waals surface area contributed by atoms with Crippen LogP contribution in [-0.4, -0.2) is 28.7 Å². The van der Waals surface area contributed by atoms with E-state index in [4.69, 9.17) is 4.42 Å². The van der Waals surface area contributed by atoms with Gasteiger partial charge in [-0.2, -0.15) is 0 Å². The van der Waals surface area contributed by atoms with E-state index in [1.54, 1.807) is 10.9 Å². The summed E-state index contributed by atoms with van der Waals surface area (Å²) in [5.41, 5.74) is 0.595. The number of furan rings is 1. The summed E-state index contributed by atoms with van der Waals surface area (Å²) in [6.45, 7) is 2.54. The largest absolute Gasteiger partial charge is 0.464 e. The second kappa shape index (κ2) is 5.02. The minimum Gasteiger partial charge on any atom is -0.464 e. The van der Waals surface area contributed by atoms with Gasteiger partial charge in [0.05, 0.1) is 23.7 Å². The monoisotopic (exact) mass is 296 g/mol. The van der Waals surface area contributed by atoms with Crippen molar-refractivity contribution in [1.29, 1.82) is 0 Å². The molecule has 1 aliphatic carbocycles. The Morgan fingerprint density at radius 3 is 2.90 bits per heavy atom. The molecular weight excluding hydrogens is 280 g/mol. The SMILES string of the molecule is Cc1ccc(Cn2cc(CNS(=O)(=O)C3CC3)nn2)o1. The first kappa shape index (κ1) is 13.3. The molecule has 0 amide bonds. The van der Waals surface area contributed by atoms with Gasteiger partial charge >= 0.3 is 0 Å². The first-order valence-corrected chi connectivity index (χ1v) is 8.00. The van der Waals surface area contributed by atoms with Gasteiger partial charge in [0.25, 0.3) is 0 Å². The van der Waals surface area contributed by atoms with Crippen molar-refractivity contribution in [2.24, 2.45) is 0 Å². The van der Waals surface area contributed by atoms with E-state index in [1.165, 1.54) is 0 Å². The Hall–Kier alpha value is -1.67. The summed E-state index contributed by atoms with van der Waals surface area (Å²) in [5, 5.41) is 7.68. The number of sulfonamides is 1. The first-order chi connectivity index (χ1) is 9.53. The van der Waals surface area contributed by atoms with Crippen molar-refractivity contribution in [3.8, 4) is 0 Å². The van der Waals surface area contributed by atoms with Crippen LogP contribution >= 0.6 is 0 Å². The maximum absolute atomic E-state index is 11.7. The number of hydrogen-bond acceptors (Lipinski definition) is 5. The third-order valence-corrected chi connectivity index (χ3v) is 5.01. The molecule has 3 rings (SSSR count). The molecule has 1 N–H and O–H groups in total. The van der Waals surface area contributed by atoms with Crippen LogP contribution in [0.4, 0.5) is 0 Å². The minimum atomic E-state index is -3.18. The number of nitrogens with zero attached hydrogens (tertiary/aromatic N) is 3. The van der Waals surface area contributed by atoms with E-state index in [0.717, 1.165) is 24.4 Å². The number of aryl methyl sites for hydroxylation is 1. The van der Waals surface area contributed by atoms with Crippen molar-refractivity contribution in [1.82, 2.24) is 19.7 Å². The molecule has 0 radical (unpaired) electrons. The molecule has 0 atom stereocenters. The highest BCUT2D eigenvalue weighted by atomic mass is 32.2. The van der Waals surface area contributed by atoms with E-state index in [2.05, 4.69) is 15.0 Å². The van der Waals surface area contributed by atoms with Crippen LogP contribution in [0, 0.1) is 6.92 Å². The Labute approximate surface area is 117 Å². The smallest absolute Gasteiger partial charge is 0.214 e. The molecule has 2 aromatic rings. The van der Waals surface area contributed by atoms with Crippen molar-refractivity contribution in [3.63, 3.8) is 0 Å². The Morgan fingerprint density at radius 2 is 2.25 bits per heavy atom. The van der Waals surface area contributed by atoms with E-state index in [0.29, 0.717) is 12.2 Å². The molecule has 0 spiro atoms. The van der Waals surface area contributed by atoms with E-state index in [-0.39, 0.29) is 11.8 Å². The van der Waals surface area contributed by atoms with Gasteiger partial charge in [-0.3, -0.25) is 0 Å². The van der Waals surface area contributed by atoms with Gasteiger partial charge in [-0.05, 0) is 31.9 Å². The zero-order valence-corrected chi connectivity index (χ0v) is 11.9. The topological polar surface area (TPSA) is 90.0 Å². The number of nitrogens with one attached hydrogen (secondary N) is 1. The summed E-state index contributed by atoms with van der Waals surface area (Å²) in [6, 6.07) is 3.77. The molecule has 0 saturated heterocycles. The lowest BCUT2D eigenvalue weighted by Crippen LogP contribution is -2.26. The maximum Gasteiger partial charge on any atom is 0.214 e. The van der Waals surface area contributed by atoms with Crippen LogP contribution in [0.2, 0.25) is 0 Å². The van der Waals surface area contributed by atoms with Crippen LogP contribution in [0.15, 0.2) is 22.7 Å². The quantitative estimate of drug-likeness (QED) is 0.852. The van der Waals surface area contributed by atoms with Gasteiger partial charge < -0.3 is 4.42 Å². The highest BCUT2D eigenvalue weighted by Crippen LogP contribution is 2.27. The first-order valence-electron chi connectivity index (χ1n) is 6.46. The second-order valence-corrected chi connectivity index (χ2v) is 7.03. The lowest BCUT2D eigenvalue weighted by molar-refractivity contribution is 0.455. The Kier molecular flexibility index (Phi) is 3.35. The molecular formula is C12H16N4O3S. The molecule has 108 valence electrons. The lowest BCUT2D eigenvalue weighted by atomic mass is 10.4. The molecule has 1 saturated carbocycles. The van der Waals surface area contributed by atoms with Crippen LogP contribution in [-0.2, 0) is 23.1 Å². The molecule has 2 heterocycles. The summed E-state index contributed by atoms with van der Waals surface area (Å²) in [7, 11) is -3.18. The minimum absolute atomic E-state index is 0.177. The summed E-state index contributed by atoms with van der Waals surface area (Å²) in [4.78, 5) is 0. The molecule has 0 bridgehead atoms. The Bertz CT molecular complexity index is 700. The number of aromatic nitrogens is 3. The average Bonchev–Trinajstić information content (AvgIpc) is 3.06. The molecule has 7 nitrogen and oxygen atoms in total. The van der Waals surface area contributed by atoms with Gasteiger partial charge in [-0.15, -0.1) is 5.10 Å². The zero-order valence-electron chi connectivity index (χ0n) is 11.1. The fraction of sp³-hybridized carbons (Fsp3) is 0.500. The van der Waals surface area contributed by atoms with Crippen LogP contribution in [0.1, 0.15) is 30.1 Å². The fourth-order valence-corrected chi connectivity index (χ4v) is 3.24. The summed E-state index contributed by atoms with van der Waals surface area (Å²) in [5.74, 6) is 1.63. The van der Waals surface area contributed by atoms with Crippen molar-refractivity contribution < 1.29 is 12.8 Å². The highest BCUT2D eigenvalue weighted by molar-refractivity contribution is 7.90. The van der Waals surface area contributed by atoms with E-state index in [9.17, 15) is 8.42 Å². The summed E-state index contributed by atoms with van der Waals surface area (Å²) in [6.07, 6.45) is 3.22. The molecule has 0 aromatic carbocycles. The normalized spacial score (nSPS) is 15.7. The van der Waals surface area contributed by atoms with Crippen molar-refractivity contribution >= 4 is 10.0 Å². The number of hydrogen-bond donors (Lipinski definition) is 1. The predicted octanol–water partition coefficient (Wildman–Crippen LogP) is 0.810. The van der Waals surface area contributed by atoms with Crippen LogP contribution in [0.5, 0.6) is 0 Å². The molecule has 0 unspecified atom stereocenters.